The molecule has 1 saturated heterocycles. The largest absolute Gasteiger partial charge is 0.343 e. The van der Waals surface area contributed by atoms with Crippen molar-refractivity contribution in [3.63, 3.8) is 0 Å². The number of hydrogen-bond acceptors (Lipinski definition) is 3. The van der Waals surface area contributed by atoms with Gasteiger partial charge in [-0.3, -0.25) is 9.59 Å². The highest BCUT2D eigenvalue weighted by molar-refractivity contribution is 5.89. The molecule has 1 rings (SSSR count). The zero-order chi connectivity index (χ0) is 13.9. The highest BCUT2D eigenvalue weighted by Crippen LogP contribution is 2.17. The average Bonchev–Trinajstić information content (AvgIpc) is 2.78. The number of carbonyl (C=O) groups excluding carboxylic acids is 2. The summed E-state index contributed by atoms with van der Waals surface area (Å²) in [4.78, 5) is 25.7. The van der Waals surface area contributed by atoms with Gasteiger partial charge in [0.1, 0.15) is 6.04 Å². The Bertz CT molecular complexity index is 317. The van der Waals surface area contributed by atoms with E-state index in [-0.39, 0.29) is 17.2 Å². The van der Waals surface area contributed by atoms with Gasteiger partial charge in [-0.05, 0) is 25.2 Å². The summed E-state index contributed by atoms with van der Waals surface area (Å²) in [5, 5.41) is 2.71. The molecule has 0 radical (unpaired) electrons. The lowest BCUT2D eigenvalue weighted by Crippen LogP contribution is -2.54. The number of nitrogens with zero attached hydrogens (tertiary/aromatic N) is 1. The molecule has 0 aromatic heterocycles. The van der Waals surface area contributed by atoms with Gasteiger partial charge in [0.25, 0.3) is 0 Å². The SMILES string of the molecule is CC(NC(=O)[C@H](N)C(C)(C)C)C(=O)N1CCCC1. The van der Waals surface area contributed by atoms with E-state index in [9.17, 15) is 9.59 Å². The van der Waals surface area contributed by atoms with Gasteiger partial charge in [0.15, 0.2) is 0 Å². The van der Waals surface area contributed by atoms with Gasteiger partial charge in [0, 0.05) is 13.1 Å². The Hall–Kier alpha value is -1.10. The standard InChI is InChI=1S/C13H25N3O2/c1-9(12(18)16-7-5-6-8-16)15-11(17)10(14)13(2,3)4/h9-10H,5-8,14H2,1-4H3,(H,15,17)/t9?,10-/m0/s1. The third-order valence-corrected chi connectivity index (χ3v) is 3.36. The molecule has 18 heavy (non-hydrogen) atoms. The van der Waals surface area contributed by atoms with Crippen LogP contribution in [-0.2, 0) is 9.59 Å². The second-order valence-electron chi connectivity index (χ2n) is 6.11. The number of rotatable bonds is 3. The maximum atomic E-state index is 12.0. The third kappa shape index (κ3) is 3.70. The van der Waals surface area contributed by atoms with E-state index >= 15 is 0 Å². The van der Waals surface area contributed by atoms with Gasteiger partial charge >= 0.3 is 0 Å². The lowest BCUT2D eigenvalue weighted by molar-refractivity contribution is -0.136. The zero-order valence-electron chi connectivity index (χ0n) is 11.8. The molecule has 1 heterocycles. The van der Waals surface area contributed by atoms with E-state index in [4.69, 9.17) is 5.73 Å². The highest BCUT2D eigenvalue weighted by Gasteiger charge is 2.30. The van der Waals surface area contributed by atoms with E-state index in [2.05, 4.69) is 5.32 Å². The second kappa shape index (κ2) is 5.69. The number of hydrogen-bond donors (Lipinski definition) is 2. The Labute approximate surface area is 109 Å². The van der Waals surface area contributed by atoms with Gasteiger partial charge in [-0.25, -0.2) is 0 Å². The van der Waals surface area contributed by atoms with Gasteiger partial charge in [-0.15, -0.1) is 0 Å². The molecule has 1 unspecified atom stereocenters. The van der Waals surface area contributed by atoms with E-state index in [1.54, 1.807) is 11.8 Å². The molecule has 0 spiro atoms. The number of nitrogens with one attached hydrogen (secondary N) is 1. The van der Waals surface area contributed by atoms with E-state index in [0.29, 0.717) is 0 Å². The third-order valence-electron chi connectivity index (χ3n) is 3.36. The van der Waals surface area contributed by atoms with Crippen molar-refractivity contribution in [1.82, 2.24) is 10.2 Å². The van der Waals surface area contributed by atoms with Gasteiger partial charge in [0.2, 0.25) is 11.8 Å². The van der Waals surface area contributed by atoms with E-state index in [1.807, 2.05) is 20.8 Å². The maximum absolute atomic E-state index is 12.0. The highest BCUT2D eigenvalue weighted by atomic mass is 16.2. The summed E-state index contributed by atoms with van der Waals surface area (Å²) in [6.45, 7) is 9.03. The number of carbonyl (C=O) groups is 2. The van der Waals surface area contributed by atoms with Crippen LogP contribution >= 0.6 is 0 Å². The van der Waals surface area contributed by atoms with Crippen molar-refractivity contribution in [3.05, 3.63) is 0 Å². The number of likely N-dealkylation sites (tertiary alicyclic amines) is 1. The first-order valence-electron chi connectivity index (χ1n) is 6.58. The van der Waals surface area contributed by atoms with Crippen LogP contribution in [0.2, 0.25) is 0 Å². The fourth-order valence-corrected chi connectivity index (χ4v) is 1.97. The Morgan fingerprint density at radius 3 is 2.17 bits per heavy atom. The molecular weight excluding hydrogens is 230 g/mol. The molecule has 0 aromatic rings. The smallest absolute Gasteiger partial charge is 0.244 e. The Morgan fingerprint density at radius 2 is 1.72 bits per heavy atom. The molecule has 2 atom stereocenters. The first kappa shape index (κ1) is 15.0. The molecule has 0 saturated carbocycles. The molecule has 1 aliphatic rings. The van der Waals surface area contributed by atoms with Crippen molar-refractivity contribution < 1.29 is 9.59 Å². The molecule has 5 heteroatoms. The molecule has 0 aliphatic carbocycles. The van der Waals surface area contributed by atoms with Crippen LogP contribution in [0, 0.1) is 5.41 Å². The van der Waals surface area contributed by atoms with Crippen LogP contribution in [0.4, 0.5) is 0 Å². The van der Waals surface area contributed by atoms with Crippen molar-refractivity contribution in [2.24, 2.45) is 11.1 Å². The van der Waals surface area contributed by atoms with Crippen molar-refractivity contribution in [2.45, 2.75) is 52.6 Å². The predicted molar refractivity (Wildman–Crippen MR) is 70.8 cm³/mol. The van der Waals surface area contributed by atoms with Crippen LogP contribution < -0.4 is 11.1 Å². The summed E-state index contributed by atoms with van der Waals surface area (Å²) in [6, 6.07) is -1.10. The Kier molecular flexibility index (Phi) is 4.73. The first-order chi connectivity index (χ1) is 8.23. The summed E-state index contributed by atoms with van der Waals surface area (Å²) in [5.41, 5.74) is 5.55. The summed E-state index contributed by atoms with van der Waals surface area (Å²) in [5.74, 6) is -0.274. The molecule has 2 amide bonds. The molecule has 0 bridgehead atoms. The molecule has 1 aliphatic heterocycles. The van der Waals surface area contributed by atoms with Crippen molar-refractivity contribution in [1.29, 1.82) is 0 Å². The normalized spacial score (nSPS) is 19.5. The van der Waals surface area contributed by atoms with Crippen molar-refractivity contribution >= 4 is 11.8 Å². The lowest BCUT2D eigenvalue weighted by Gasteiger charge is -2.28. The van der Waals surface area contributed by atoms with Crippen LogP contribution in [0.1, 0.15) is 40.5 Å². The van der Waals surface area contributed by atoms with Gasteiger partial charge in [0.05, 0.1) is 6.04 Å². The summed E-state index contributed by atoms with van der Waals surface area (Å²) in [6.07, 6.45) is 2.10. The zero-order valence-corrected chi connectivity index (χ0v) is 11.8. The average molecular weight is 255 g/mol. The monoisotopic (exact) mass is 255 g/mol. The van der Waals surface area contributed by atoms with Gasteiger partial charge in [-0.1, -0.05) is 20.8 Å². The molecule has 3 N–H and O–H groups in total. The fraction of sp³-hybridized carbons (Fsp3) is 0.846. The van der Waals surface area contributed by atoms with Gasteiger partial charge < -0.3 is 16.0 Å². The minimum absolute atomic E-state index is 0.0121. The van der Waals surface area contributed by atoms with E-state index in [0.717, 1.165) is 25.9 Å². The van der Waals surface area contributed by atoms with Crippen LogP contribution in [0.3, 0.4) is 0 Å². The number of amides is 2. The molecular formula is C13H25N3O2. The molecule has 0 aromatic carbocycles. The quantitative estimate of drug-likeness (QED) is 0.770. The second-order valence-corrected chi connectivity index (χ2v) is 6.11. The molecule has 104 valence electrons. The van der Waals surface area contributed by atoms with Crippen molar-refractivity contribution in [3.8, 4) is 0 Å². The molecule has 5 nitrogen and oxygen atoms in total. The Morgan fingerprint density at radius 1 is 1.22 bits per heavy atom. The maximum Gasteiger partial charge on any atom is 0.244 e. The predicted octanol–water partition coefficient (Wildman–Crippen LogP) is 0.487. The minimum Gasteiger partial charge on any atom is -0.343 e. The lowest BCUT2D eigenvalue weighted by atomic mass is 9.87. The van der Waals surface area contributed by atoms with Gasteiger partial charge in [-0.2, -0.15) is 0 Å². The minimum atomic E-state index is -0.605. The van der Waals surface area contributed by atoms with Crippen molar-refractivity contribution in [2.75, 3.05) is 13.1 Å². The Balaban J connectivity index is 2.51. The molecule has 1 fully saturated rings. The van der Waals surface area contributed by atoms with Crippen LogP contribution in [0.5, 0.6) is 0 Å². The first-order valence-corrected chi connectivity index (χ1v) is 6.58. The van der Waals surface area contributed by atoms with Crippen LogP contribution in [-0.4, -0.2) is 41.9 Å². The number of nitrogens with two attached hydrogens (primary N) is 1. The topological polar surface area (TPSA) is 75.4 Å². The fourth-order valence-electron chi connectivity index (χ4n) is 1.97. The summed E-state index contributed by atoms with van der Waals surface area (Å²) >= 11 is 0. The summed E-state index contributed by atoms with van der Waals surface area (Å²) in [7, 11) is 0. The van der Waals surface area contributed by atoms with Crippen LogP contribution in [0.15, 0.2) is 0 Å². The van der Waals surface area contributed by atoms with E-state index < -0.39 is 12.1 Å². The summed E-state index contributed by atoms with van der Waals surface area (Å²) < 4.78 is 0. The van der Waals surface area contributed by atoms with E-state index in [1.165, 1.54) is 0 Å². The van der Waals surface area contributed by atoms with Crippen LogP contribution in [0.25, 0.3) is 0 Å².